The van der Waals surface area contributed by atoms with Gasteiger partial charge in [0.05, 0.1) is 11.9 Å². The first-order valence-electron chi connectivity index (χ1n) is 7.55. The van der Waals surface area contributed by atoms with Crippen LogP contribution in [0.1, 0.15) is 5.69 Å². The van der Waals surface area contributed by atoms with Crippen LogP contribution < -0.4 is 16.0 Å². The van der Waals surface area contributed by atoms with Crippen molar-refractivity contribution in [2.75, 3.05) is 16.0 Å². The zero-order valence-electron chi connectivity index (χ0n) is 13.8. The van der Waals surface area contributed by atoms with Gasteiger partial charge in [-0.25, -0.2) is 9.97 Å². The normalized spacial score (nSPS) is 10.2. The van der Waals surface area contributed by atoms with E-state index in [4.69, 9.17) is 11.6 Å². The van der Waals surface area contributed by atoms with Crippen molar-refractivity contribution < 1.29 is 4.79 Å². The summed E-state index contributed by atoms with van der Waals surface area (Å²) in [6, 6.07) is 7.16. The minimum absolute atomic E-state index is 0.285. The number of aromatic nitrogens is 3. The lowest BCUT2D eigenvalue weighted by atomic mass is 10.2. The first-order chi connectivity index (χ1) is 12.5. The van der Waals surface area contributed by atoms with Crippen LogP contribution in [0.15, 0.2) is 48.5 Å². The topological polar surface area (TPSA) is 91.8 Å². The molecule has 3 rings (SSSR count). The highest BCUT2D eigenvalue weighted by Gasteiger charge is 2.08. The summed E-state index contributed by atoms with van der Waals surface area (Å²) in [5.74, 6) is 0.527. The maximum Gasteiger partial charge on any atom is 0.247 e. The van der Waals surface area contributed by atoms with Gasteiger partial charge in [-0.1, -0.05) is 24.2 Å². The molecule has 0 bridgehead atoms. The minimum atomic E-state index is -0.285. The molecule has 0 aliphatic carbocycles. The van der Waals surface area contributed by atoms with Crippen molar-refractivity contribution in [3.63, 3.8) is 0 Å². The number of rotatable bonds is 6. The summed E-state index contributed by atoms with van der Waals surface area (Å²) in [5, 5.41) is 11.9. The second-order valence-corrected chi connectivity index (χ2v) is 6.47. The number of hydrogen-bond donors (Lipinski definition) is 3. The maximum absolute atomic E-state index is 11.4. The predicted octanol–water partition coefficient (Wildman–Crippen LogP) is 4.51. The highest BCUT2D eigenvalue weighted by Crippen LogP contribution is 2.26. The second kappa shape index (κ2) is 7.94. The average Bonchev–Trinajstić information content (AvgIpc) is 3.03. The monoisotopic (exact) mass is 386 g/mol. The van der Waals surface area contributed by atoms with Gasteiger partial charge in [0.2, 0.25) is 11.9 Å². The number of amides is 1. The molecule has 1 aromatic carbocycles. The lowest BCUT2D eigenvalue weighted by Gasteiger charge is -2.10. The Kier molecular flexibility index (Phi) is 5.45. The van der Waals surface area contributed by atoms with Crippen LogP contribution in [0.25, 0.3) is 0 Å². The SMILES string of the molecule is C=CC(=O)Nc1cccc(Nc2nc(Nc3nc(C)cs3)ncc2Cl)c1. The average molecular weight is 387 g/mol. The van der Waals surface area contributed by atoms with Gasteiger partial charge in [-0.2, -0.15) is 4.98 Å². The van der Waals surface area contributed by atoms with E-state index in [-0.39, 0.29) is 5.91 Å². The number of benzene rings is 1. The molecule has 0 atom stereocenters. The number of aryl methyl sites for hydroxylation is 1. The van der Waals surface area contributed by atoms with Gasteiger partial charge in [0, 0.05) is 16.8 Å². The first kappa shape index (κ1) is 17.8. The second-order valence-electron chi connectivity index (χ2n) is 5.21. The van der Waals surface area contributed by atoms with Gasteiger partial charge in [0.1, 0.15) is 5.02 Å². The summed E-state index contributed by atoms with van der Waals surface area (Å²) < 4.78 is 0. The fourth-order valence-corrected chi connectivity index (χ4v) is 2.85. The van der Waals surface area contributed by atoms with Crippen LogP contribution in [0.2, 0.25) is 5.02 Å². The number of halogens is 1. The van der Waals surface area contributed by atoms with E-state index in [9.17, 15) is 4.79 Å². The summed E-state index contributed by atoms with van der Waals surface area (Å²) in [5.41, 5.74) is 2.26. The van der Waals surface area contributed by atoms with E-state index in [2.05, 4.69) is 37.5 Å². The molecule has 0 spiro atoms. The fourth-order valence-electron chi connectivity index (χ4n) is 2.03. The van der Waals surface area contributed by atoms with Crippen LogP contribution >= 0.6 is 22.9 Å². The molecule has 1 amide bonds. The van der Waals surface area contributed by atoms with Crippen molar-refractivity contribution in [2.24, 2.45) is 0 Å². The van der Waals surface area contributed by atoms with Crippen LogP contribution in [-0.2, 0) is 4.79 Å². The standard InChI is InChI=1S/C17H15ClN6OS/c1-3-14(25)21-11-5-4-6-12(7-11)22-15-13(18)8-19-16(23-15)24-17-20-10(2)9-26-17/h3-9H,1H2,2H3,(H,21,25)(H2,19,20,22,23,24). The molecule has 3 aromatic rings. The predicted molar refractivity (Wildman–Crippen MR) is 106 cm³/mol. The van der Waals surface area contributed by atoms with Crippen molar-refractivity contribution in [2.45, 2.75) is 6.92 Å². The molecule has 0 radical (unpaired) electrons. The van der Waals surface area contributed by atoms with Crippen LogP contribution in [0.3, 0.4) is 0 Å². The fraction of sp³-hybridized carbons (Fsp3) is 0.0588. The quantitative estimate of drug-likeness (QED) is 0.540. The largest absolute Gasteiger partial charge is 0.339 e. The molecule has 9 heteroatoms. The van der Waals surface area contributed by atoms with Gasteiger partial charge >= 0.3 is 0 Å². The third kappa shape index (κ3) is 4.56. The van der Waals surface area contributed by atoms with Gasteiger partial charge < -0.3 is 10.6 Å². The number of anilines is 5. The Bertz CT molecular complexity index is 958. The summed E-state index contributed by atoms with van der Waals surface area (Å²) in [6.45, 7) is 5.34. The van der Waals surface area contributed by atoms with Crippen LogP contribution in [0, 0.1) is 6.92 Å². The Morgan fingerprint density at radius 3 is 2.81 bits per heavy atom. The highest BCUT2D eigenvalue weighted by atomic mass is 35.5. The van der Waals surface area contributed by atoms with E-state index >= 15 is 0 Å². The Hall–Kier alpha value is -2.97. The van der Waals surface area contributed by atoms with Crippen LogP contribution in [-0.4, -0.2) is 20.9 Å². The zero-order chi connectivity index (χ0) is 18.5. The van der Waals surface area contributed by atoms with Crippen LogP contribution in [0.5, 0.6) is 0 Å². The van der Waals surface area contributed by atoms with Gasteiger partial charge in [0.25, 0.3) is 0 Å². The van der Waals surface area contributed by atoms with Crippen molar-refractivity contribution >= 4 is 57.1 Å². The number of carbonyl (C=O) groups excluding carboxylic acids is 1. The van der Waals surface area contributed by atoms with E-state index in [1.807, 2.05) is 18.4 Å². The molecule has 7 nitrogen and oxygen atoms in total. The molecule has 2 aromatic heterocycles. The molecular weight excluding hydrogens is 372 g/mol. The molecule has 132 valence electrons. The molecule has 0 aliphatic heterocycles. The van der Waals surface area contributed by atoms with E-state index in [0.29, 0.717) is 33.3 Å². The molecule has 0 fully saturated rings. The number of thiazole rings is 1. The lowest BCUT2D eigenvalue weighted by molar-refractivity contribution is -0.111. The number of carbonyl (C=O) groups is 1. The van der Waals surface area contributed by atoms with Crippen molar-refractivity contribution in [3.05, 3.63) is 59.2 Å². The van der Waals surface area contributed by atoms with Gasteiger partial charge in [-0.15, -0.1) is 11.3 Å². The third-order valence-corrected chi connectivity index (χ3v) is 4.31. The summed E-state index contributed by atoms with van der Waals surface area (Å²) >= 11 is 7.65. The maximum atomic E-state index is 11.4. The van der Waals surface area contributed by atoms with E-state index < -0.39 is 0 Å². The summed E-state index contributed by atoms with van der Waals surface area (Å²) in [6.07, 6.45) is 2.71. The van der Waals surface area contributed by atoms with Gasteiger partial charge in [0.15, 0.2) is 10.9 Å². The number of nitrogens with zero attached hydrogens (tertiary/aromatic N) is 3. The lowest BCUT2D eigenvalue weighted by Crippen LogP contribution is -2.07. The minimum Gasteiger partial charge on any atom is -0.339 e. The third-order valence-electron chi connectivity index (χ3n) is 3.16. The Morgan fingerprint density at radius 2 is 2.08 bits per heavy atom. The first-order valence-corrected chi connectivity index (χ1v) is 8.81. The highest BCUT2D eigenvalue weighted by molar-refractivity contribution is 7.13. The van der Waals surface area contributed by atoms with Crippen molar-refractivity contribution in [3.8, 4) is 0 Å². The summed E-state index contributed by atoms with van der Waals surface area (Å²) in [4.78, 5) is 24.3. The number of nitrogens with one attached hydrogen (secondary N) is 3. The van der Waals surface area contributed by atoms with Crippen molar-refractivity contribution in [1.82, 2.24) is 15.0 Å². The molecule has 0 unspecified atom stereocenters. The van der Waals surface area contributed by atoms with Crippen molar-refractivity contribution in [1.29, 1.82) is 0 Å². The Labute approximate surface area is 159 Å². The molecule has 0 aliphatic rings. The Morgan fingerprint density at radius 1 is 1.27 bits per heavy atom. The smallest absolute Gasteiger partial charge is 0.247 e. The molecule has 0 saturated carbocycles. The Balaban J connectivity index is 1.78. The van der Waals surface area contributed by atoms with E-state index in [0.717, 1.165) is 5.69 Å². The summed E-state index contributed by atoms with van der Waals surface area (Å²) in [7, 11) is 0. The van der Waals surface area contributed by atoms with Gasteiger partial charge in [-0.05, 0) is 31.2 Å². The van der Waals surface area contributed by atoms with Crippen LogP contribution in [0.4, 0.5) is 28.3 Å². The number of hydrogen-bond acceptors (Lipinski definition) is 7. The molecular formula is C17H15ClN6OS. The molecule has 0 saturated heterocycles. The van der Waals surface area contributed by atoms with E-state index in [1.165, 1.54) is 23.6 Å². The molecule has 3 N–H and O–H groups in total. The molecule has 2 heterocycles. The molecule has 26 heavy (non-hydrogen) atoms. The van der Waals surface area contributed by atoms with Gasteiger partial charge in [-0.3, -0.25) is 10.1 Å². The van der Waals surface area contributed by atoms with E-state index in [1.54, 1.807) is 18.2 Å². The zero-order valence-corrected chi connectivity index (χ0v) is 15.4.